The van der Waals surface area contributed by atoms with Crippen molar-refractivity contribution in [2.75, 3.05) is 6.54 Å². The van der Waals surface area contributed by atoms with E-state index in [1.54, 1.807) is 16.2 Å². The summed E-state index contributed by atoms with van der Waals surface area (Å²) in [6.07, 6.45) is 1.74. The highest BCUT2D eigenvalue weighted by atomic mass is 32.1. The van der Waals surface area contributed by atoms with Crippen LogP contribution < -0.4 is 0 Å². The molecule has 1 N–H and O–H groups in total. The van der Waals surface area contributed by atoms with Gasteiger partial charge in [-0.15, -0.1) is 11.3 Å². The number of amides is 1. The maximum atomic E-state index is 12.4. The van der Waals surface area contributed by atoms with Crippen LogP contribution in [0.5, 0.6) is 0 Å². The fourth-order valence-corrected chi connectivity index (χ4v) is 3.26. The van der Waals surface area contributed by atoms with Gasteiger partial charge in [-0.1, -0.05) is 0 Å². The summed E-state index contributed by atoms with van der Waals surface area (Å²) in [4.78, 5) is 26.1. The van der Waals surface area contributed by atoms with Crippen molar-refractivity contribution in [3.8, 4) is 0 Å². The number of thiophene rings is 1. The Morgan fingerprint density at radius 2 is 2.22 bits per heavy atom. The Kier molecular flexibility index (Phi) is 3.71. The minimum atomic E-state index is -0.835. The van der Waals surface area contributed by atoms with Gasteiger partial charge in [0, 0.05) is 22.8 Å². The molecule has 98 valence electrons. The van der Waals surface area contributed by atoms with Crippen LogP contribution in [0.2, 0.25) is 0 Å². The molecule has 2 rings (SSSR count). The van der Waals surface area contributed by atoms with E-state index in [4.69, 9.17) is 5.11 Å². The van der Waals surface area contributed by atoms with Crippen LogP contribution in [0.15, 0.2) is 5.38 Å². The highest BCUT2D eigenvalue weighted by Gasteiger charge is 2.31. The van der Waals surface area contributed by atoms with Gasteiger partial charge >= 0.3 is 5.97 Å². The summed E-state index contributed by atoms with van der Waals surface area (Å²) in [6.45, 7) is 4.61. The Bertz CT molecular complexity index is 481. The third-order valence-corrected chi connectivity index (χ3v) is 4.58. The molecule has 2 heterocycles. The van der Waals surface area contributed by atoms with Crippen molar-refractivity contribution < 1.29 is 14.7 Å². The molecule has 0 aliphatic carbocycles. The summed E-state index contributed by atoms with van der Waals surface area (Å²) >= 11 is 1.57. The fourth-order valence-electron chi connectivity index (χ4n) is 2.40. The number of carbonyl (C=O) groups excluding carboxylic acids is 1. The summed E-state index contributed by atoms with van der Waals surface area (Å²) in [5.74, 6) is -0.849. The maximum Gasteiger partial charge on any atom is 0.305 e. The molecular formula is C13H17NO3S. The second-order valence-electron chi connectivity index (χ2n) is 4.72. The van der Waals surface area contributed by atoms with Crippen molar-refractivity contribution in [2.24, 2.45) is 0 Å². The molecule has 18 heavy (non-hydrogen) atoms. The van der Waals surface area contributed by atoms with Crippen LogP contribution in [0.1, 0.15) is 40.1 Å². The number of likely N-dealkylation sites (tertiary alicyclic amines) is 1. The number of hydrogen-bond acceptors (Lipinski definition) is 3. The van der Waals surface area contributed by atoms with E-state index < -0.39 is 5.97 Å². The first-order chi connectivity index (χ1) is 8.50. The fraction of sp³-hybridized carbons (Fsp3) is 0.538. The average Bonchev–Trinajstić information content (AvgIpc) is 2.87. The van der Waals surface area contributed by atoms with Crippen molar-refractivity contribution in [1.82, 2.24) is 4.90 Å². The topological polar surface area (TPSA) is 57.6 Å². The summed E-state index contributed by atoms with van der Waals surface area (Å²) in [7, 11) is 0. The predicted octanol–water partition coefficient (Wildman–Crippen LogP) is 2.44. The first-order valence-corrected chi connectivity index (χ1v) is 6.96. The van der Waals surface area contributed by atoms with Crippen molar-refractivity contribution in [3.63, 3.8) is 0 Å². The number of hydrogen-bond donors (Lipinski definition) is 1. The van der Waals surface area contributed by atoms with Crippen molar-refractivity contribution in [1.29, 1.82) is 0 Å². The molecule has 0 radical (unpaired) electrons. The second-order valence-corrected chi connectivity index (χ2v) is 5.81. The molecule has 4 nitrogen and oxygen atoms in total. The Labute approximate surface area is 110 Å². The van der Waals surface area contributed by atoms with E-state index in [9.17, 15) is 9.59 Å². The summed E-state index contributed by atoms with van der Waals surface area (Å²) in [5, 5.41) is 10.7. The minimum Gasteiger partial charge on any atom is -0.481 e. The molecule has 1 atom stereocenters. The Morgan fingerprint density at radius 1 is 1.50 bits per heavy atom. The standard InChI is InChI=1S/C13H17NO3S/c1-8-9(2)18-7-11(8)13(17)14-5-3-4-10(14)6-12(15)16/h7,10H,3-6H2,1-2H3,(H,15,16). The molecule has 0 saturated carbocycles. The highest BCUT2D eigenvalue weighted by molar-refractivity contribution is 7.10. The molecule has 0 bridgehead atoms. The molecule has 1 aliphatic rings. The molecule has 1 amide bonds. The Balaban J connectivity index is 2.18. The molecule has 1 unspecified atom stereocenters. The lowest BCUT2D eigenvalue weighted by atomic mass is 10.1. The number of carbonyl (C=O) groups is 2. The smallest absolute Gasteiger partial charge is 0.305 e. The van der Waals surface area contributed by atoms with Gasteiger partial charge < -0.3 is 10.0 Å². The van der Waals surface area contributed by atoms with Gasteiger partial charge in [-0.3, -0.25) is 9.59 Å². The van der Waals surface area contributed by atoms with Crippen LogP contribution in [0.4, 0.5) is 0 Å². The second kappa shape index (κ2) is 5.10. The highest BCUT2D eigenvalue weighted by Crippen LogP contribution is 2.27. The van der Waals surface area contributed by atoms with Gasteiger partial charge in [-0.05, 0) is 32.3 Å². The van der Waals surface area contributed by atoms with Crippen LogP contribution in [-0.4, -0.2) is 34.5 Å². The van der Waals surface area contributed by atoms with E-state index in [0.717, 1.165) is 28.8 Å². The number of carboxylic acid groups (broad SMARTS) is 1. The van der Waals surface area contributed by atoms with Gasteiger partial charge in [0.1, 0.15) is 0 Å². The lowest BCUT2D eigenvalue weighted by molar-refractivity contribution is -0.137. The number of nitrogens with zero attached hydrogens (tertiary/aromatic N) is 1. The number of aliphatic carboxylic acids is 1. The van der Waals surface area contributed by atoms with Crippen LogP contribution in [-0.2, 0) is 4.79 Å². The number of rotatable bonds is 3. The Morgan fingerprint density at radius 3 is 2.78 bits per heavy atom. The van der Waals surface area contributed by atoms with E-state index in [1.165, 1.54) is 0 Å². The first kappa shape index (κ1) is 13.1. The maximum absolute atomic E-state index is 12.4. The summed E-state index contributed by atoms with van der Waals surface area (Å²) in [6, 6.07) is -0.144. The van der Waals surface area contributed by atoms with E-state index in [1.807, 2.05) is 19.2 Å². The SMILES string of the molecule is Cc1scc(C(=O)N2CCCC2CC(=O)O)c1C. The van der Waals surface area contributed by atoms with Gasteiger partial charge in [-0.25, -0.2) is 0 Å². The molecule has 1 fully saturated rings. The zero-order chi connectivity index (χ0) is 13.3. The zero-order valence-electron chi connectivity index (χ0n) is 10.6. The zero-order valence-corrected chi connectivity index (χ0v) is 11.4. The van der Waals surface area contributed by atoms with Gasteiger partial charge in [-0.2, -0.15) is 0 Å². The third-order valence-electron chi connectivity index (χ3n) is 3.56. The third kappa shape index (κ3) is 2.41. The van der Waals surface area contributed by atoms with Crippen molar-refractivity contribution in [3.05, 3.63) is 21.4 Å². The molecule has 1 aromatic rings. The molecule has 1 aliphatic heterocycles. The lowest BCUT2D eigenvalue weighted by Gasteiger charge is -2.23. The van der Waals surface area contributed by atoms with E-state index in [0.29, 0.717) is 6.54 Å². The van der Waals surface area contributed by atoms with Crippen LogP contribution in [0.3, 0.4) is 0 Å². The van der Waals surface area contributed by atoms with Gasteiger partial charge in [0.2, 0.25) is 0 Å². The van der Waals surface area contributed by atoms with Crippen LogP contribution in [0, 0.1) is 13.8 Å². The monoisotopic (exact) mass is 267 g/mol. The van der Waals surface area contributed by atoms with E-state index >= 15 is 0 Å². The molecule has 5 heteroatoms. The molecule has 0 aromatic carbocycles. The number of carboxylic acids is 1. The van der Waals surface area contributed by atoms with Crippen LogP contribution >= 0.6 is 11.3 Å². The summed E-state index contributed by atoms with van der Waals surface area (Å²) < 4.78 is 0. The van der Waals surface area contributed by atoms with Crippen LogP contribution in [0.25, 0.3) is 0 Å². The first-order valence-electron chi connectivity index (χ1n) is 6.08. The normalized spacial score (nSPS) is 19.2. The van der Waals surface area contributed by atoms with E-state index in [-0.39, 0.29) is 18.4 Å². The average molecular weight is 267 g/mol. The van der Waals surface area contributed by atoms with Gasteiger partial charge in [0.15, 0.2) is 0 Å². The minimum absolute atomic E-state index is 0.0133. The summed E-state index contributed by atoms with van der Waals surface area (Å²) in [5.41, 5.74) is 1.75. The molecule has 1 saturated heterocycles. The largest absolute Gasteiger partial charge is 0.481 e. The predicted molar refractivity (Wildman–Crippen MR) is 70.1 cm³/mol. The van der Waals surface area contributed by atoms with Crippen molar-refractivity contribution in [2.45, 2.75) is 39.2 Å². The lowest BCUT2D eigenvalue weighted by Crippen LogP contribution is -2.36. The van der Waals surface area contributed by atoms with E-state index in [2.05, 4.69) is 0 Å². The Hall–Kier alpha value is -1.36. The van der Waals surface area contributed by atoms with Crippen molar-refractivity contribution >= 4 is 23.2 Å². The molecule has 0 spiro atoms. The number of aryl methyl sites for hydroxylation is 1. The van der Waals surface area contributed by atoms with Gasteiger partial charge in [0.25, 0.3) is 5.91 Å². The molecule has 1 aromatic heterocycles. The van der Waals surface area contributed by atoms with Gasteiger partial charge in [0.05, 0.1) is 12.0 Å². The molecular weight excluding hydrogens is 250 g/mol. The quantitative estimate of drug-likeness (QED) is 0.915.